The molecule has 0 bridgehead atoms. The van der Waals surface area contributed by atoms with Crippen LogP contribution in [-0.2, 0) is 6.18 Å². The van der Waals surface area contributed by atoms with Gasteiger partial charge in [-0.2, -0.15) is 13.2 Å². The van der Waals surface area contributed by atoms with E-state index in [1.165, 1.54) is 0 Å². The van der Waals surface area contributed by atoms with Crippen molar-refractivity contribution in [2.75, 3.05) is 6.54 Å². The van der Waals surface area contributed by atoms with Gasteiger partial charge in [-0.05, 0) is 18.2 Å². The van der Waals surface area contributed by atoms with E-state index in [4.69, 9.17) is 22.1 Å². The molecule has 0 spiro atoms. The van der Waals surface area contributed by atoms with Crippen LogP contribution in [0.2, 0.25) is 0 Å². The summed E-state index contributed by atoms with van der Waals surface area (Å²) in [5.74, 6) is 0.531. The molecule has 21 heavy (non-hydrogen) atoms. The third kappa shape index (κ3) is 4.12. The van der Waals surface area contributed by atoms with Crippen LogP contribution in [0, 0.1) is 0 Å². The number of alkyl halides is 4. The molecule has 0 saturated heterocycles. The zero-order valence-corrected chi connectivity index (χ0v) is 12.4. The molecular formula is C14H13ClF3NOS. The van der Waals surface area contributed by atoms with Gasteiger partial charge in [0.05, 0.1) is 10.9 Å². The molecule has 1 aromatic heterocycles. The smallest absolute Gasteiger partial charge is 0.417 e. The number of para-hydroxylation sites is 1. The average Bonchev–Trinajstić information content (AvgIpc) is 2.94. The molecule has 2 nitrogen and oxygen atoms in total. The Labute approximate surface area is 129 Å². The van der Waals surface area contributed by atoms with Crippen LogP contribution in [0.25, 0.3) is 0 Å². The van der Waals surface area contributed by atoms with Gasteiger partial charge in [0.2, 0.25) is 0 Å². The van der Waals surface area contributed by atoms with E-state index in [1.54, 1.807) is 24.3 Å². The van der Waals surface area contributed by atoms with Gasteiger partial charge in [-0.3, -0.25) is 0 Å². The first kappa shape index (κ1) is 16.1. The molecule has 0 saturated carbocycles. The molecule has 1 aromatic carbocycles. The average molecular weight is 336 g/mol. The van der Waals surface area contributed by atoms with E-state index in [1.807, 2.05) is 6.07 Å². The summed E-state index contributed by atoms with van der Waals surface area (Å²) in [6.07, 6.45) is -5.10. The predicted octanol–water partition coefficient (Wildman–Crippen LogP) is 4.45. The molecule has 0 aliphatic rings. The van der Waals surface area contributed by atoms with Gasteiger partial charge in [-0.15, -0.1) is 22.9 Å². The number of hydrogen-bond acceptors (Lipinski definition) is 3. The Hall–Kier alpha value is -1.24. The molecule has 0 amide bonds. The van der Waals surface area contributed by atoms with Gasteiger partial charge in [0, 0.05) is 16.8 Å². The fraction of sp³-hybridized carbons (Fsp3) is 0.286. The molecular weight excluding hydrogens is 323 g/mol. The number of hydrogen-bond donors (Lipinski definition) is 1. The number of halogens is 4. The number of benzene rings is 1. The van der Waals surface area contributed by atoms with Crippen LogP contribution in [0.3, 0.4) is 0 Å². The van der Waals surface area contributed by atoms with E-state index in [2.05, 4.69) is 0 Å². The topological polar surface area (TPSA) is 35.2 Å². The minimum absolute atomic E-state index is 0.0955. The highest BCUT2D eigenvalue weighted by atomic mass is 35.5. The van der Waals surface area contributed by atoms with Crippen LogP contribution in [0.15, 0.2) is 41.8 Å². The molecule has 0 radical (unpaired) electrons. The zero-order valence-electron chi connectivity index (χ0n) is 10.8. The van der Waals surface area contributed by atoms with Gasteiger partial charge in [-0.25, -0.2) is 0 Å². The van der Waals surface area contributed by atoms with Crippen LogP contribution in [-0.4, -0.2) is 11.9 Å². The SMILES string of the molecule is NCC(Cl)C(Oc1ccccc1)c1cc(C(F)(F)F)cs1. The van der Waals surface area contributed by atoms with Crippen LogP contribution in [0.4, 0.5) is 13.2 Å². The van der Waals surface area contributed by atoms with Crippen molar-refractivity contribution in [3.8, 4) is 5.75 Å². The summed E-state index contributed by atoms with van der Waals surface area (Å²) >= 11 is 7.08. The lowest BCUT2D eigenvalue weighted by molar-refractivity contribution is -0.137. The molecule has 0 aliphatic heterocycles. The van der Waals surface area contributed by atoms with E-state index < -0.39 is 23.2 Å². The van der Waals surface area contributed by atoms with Crippen molar-refractivity contribution >= 4 is 22.9 Å². The Morgan fingerprint density at radius 3 is 2.43 bits per heavy atom. The highest BCUT2D eigenvalue weighted by Gasteiger charge is 2.34. The largest absolute Gasteiger partial charge is 0.483 e. The van der Waals surface area contributed by atoms with Crippen molar-refractivity contribution < 1.29 is 17.9 Å². The first-order valence-corrected chi connectivity index (χ1v) is 7.45. The summed E-state index contributed by atoms with van der Waals surface area (Å²) < 4.78 is 43.8. The van der Waals surface area contributed by atoms with Gasteiger partial charge in [-0.1, -0.05) is 18.2 Å². The predicted molar refractivity (Wildman–Crippen MR) is 77.8 cm³/mol. The third-order valence-corrected chi connectivity index (χ3v) is 4.19. The molecule has 1 heterocycles. The molecule has 2 aromatic rings. The van der Waals surface area contributed by atoms with Gasteiger partial charge < -0.3 is 10.5 Å². The lowest BCUT2D eigenvalue weighted by atomic mass is 10.1. The standard InChI is InChI=1S/C14H13ClF3NOS/c15-11(7-19)13(20-10-4-2-1-3-5-10)12-6-9(8-21-12)14(16,17)18/h1-6,8,11,13H,7,19H2. The first-order chi connectivity index (χ1) is 9.91. The second-order valence-corrected chi connectivity index (χ2v) is 5.84. The highest BCUT2D eigenvalue weighted by molar-refractivity contribution is 7.10. The summed E-state index contributed by atoms with van der Waals surface area (Å²) in [5.41, 5.74) is 4.82. The maximum atomic E-state index is 12.7. The summed E-state index contributed by atoms with van der Waals surface area (Å²) in [6, 6.07) is 9.84. The highest BCUT2D eigenvalue weighted by Crippen LogP contribution is 2.37. The number of rotatable bonds is 5. The summed E-state index contributed by atoms with van der Waals surface area (Å²) in [6.45, 7) is 0.0955. The van der Waals surface area contributed by atoms with E-state index in [9.17, 15) is 13.2 Å². The molecule has 2 rings (SSSR count). The van der Waals surface area contributed by atoms with Gasteiger partial charge in [0.25, 0.3) is 0 Å². The van der Waals surface area contributed by atoms with Crippen LogP contribution in [0.5, 0.6) is 5.75 Å². The lowest BCUT2D eigenvalue weighted by Gasteiger charge is -2.21. The van der Waals surface area contributed by atoms with Crippen molar-refractivity contribution in [2.24, 2.45) is 5.73 Å². The van der Waals surface area contributed by atoms with E-state index in [0.717, 1.165) is 22.8 Å². The summed E-state index contributed by atoms with van der Waals surface area (Å²) in [4.78, 5) is 0.400. The zero-order chi connectivity index (χ0) is 15.5. The first-order valence-electron chi connectivity index (χ1n) is 6.13. The van der Waals surface area contributed by atoms with Crippen molar-refractivity contribution in [1.82, 2.24) is 0 Å². The van der Waals surface area contributed by atoms with E-state index >= 15 is 0 Å². The number of thiophene rings is 1. The van der Waals surface area contributed by atoms with E-state index in [0.29, 0.717) is 10.6 Å². The van der Waals surface area contributed by atoms with Crippen molar-refractivity contribution in [3.63, 3.8) is 0 Å². The molecule has 2 atom stereocenters. The Balaban J connectivity index is 2.26. The molecule has 114 valence electrons. The third-order valence-electron chi connectivity index (χ3n) is 2.79. The van der Waals surface area contributed by atoms with Crippen LogP contribution >= 0.6 is 22.9 Å². The maximum Gasteiger partial charge on any atom is 0.417 e. The van der Waals surface area contributed by atoms with Gasteiger partial charge in [0.1, 0.15) is 5.75 Å². The maximum absolute atomic E-state index is 12.7. The molecule has 2 N–H and O–H groups in total. The number of ether oxygens (including phenoxy) is 1. The van der Waals surface area contributed by atoms with Crippen molar-refractivity contribution in [1.29, 1.82) is 0 Å². The minimum Gasteiger partial charge on any atom is -0.483 e. The van der Waals surface area contributed by atoms with Crippen LogP contribution < -0.4 is 10.5 Å². The minimum atomic E-state index is -4.38. The Kier molecular flexibility index (Phi) is 5.13. The second kappa shape index (κ2) is 6.68. The molecule has 0 fully saturated rings. The Morgan fingerprint density at radius 1 is 1.24 bits per heavy atom. The summed E-state index contributed by atoms with van der Waals surface area (Å²) in [7, 11) is 0. The fourth-order valence-electron chi connectivity index (χ4n) is 1.73. The molecule has 7 heteroatoms. The normalized spacial score (nSPS) is 14.7. The Morgan fingerprint density at radius 2 is 1.90 bits per heavy atom. The lowest BCUT2D eigenvalue weighted by Crippen LogP contribution is -2.26. The van der Waals surface area contributed by atoms with Gasteiger partial charge >= 0.3 is 6.18 Å². The van der Waals surface area contributed by atoms with Crippen molar-refractivity contribution in [3.05, 3.63) is 52.2 Å². The van der Waals surface area contributed by atoms with E-state index in [-0.39, 0.29) is 6.54 Å². The van der Waals surface area contributed by atoms with Gasteiger partial charge in [0.15, 0.2) is 6.10 Å². The monoisotopic (exact) mass is 335 g/mol. The van der Waals surface area contributed by atoms with Crippen molar-refractivity contribution in [2.45, 2.75) is 17.7 Å². The summed E-state index contributed by atoms with van der Waals surface area (Å²) in [5, 5.41) is 0.432. The number of nitrogens with two attached hydrogens (primary N) is 1. The Bertz CT molecular complexity index is 573. The van der Waals surface area contributed by atoms with Crippen LogP contribution in [0.1, 0.15) is 16.5 Å². The second-order valence-electron chi connectivity index (χ2n) is 4.34. The molecule has 0 aliphatic carbocycles. The quantitative estimate of drug-likeness (QED) is 0.819. The molecule has 2 unspecified atom stereocenters. The fourth-order valence-corrected chi connectivity index (χ4v) is 3.00.